The molecule has 0 saturated heterocycles. The monoisotopic (exact) mass is 276 g/mol. The molecule has 0 aromatic heterocycles. The van der Waals surface area contributed by atoms with Crippen molar-refractivity contribution in [2.24, 2.45) is 0 Å². The van der Waals surface area contributed by atoms with Crippen LogP contribution < -0.4 is 15.4 Å². The van der Waals surface area contributed by atoms with E-state index >= 15 is 0 Å². The highest BCUT2D eigenvalue weighted by molar-refractivity contribution is 5.62. The van der Waals surface area contributed by atoms with Crippen LogP contribution in [0.2, 0.25) is 0 Å². The number of hydrogen-bond donors (Lipinski definition) is 1. The lowest BCUT2D eigenvalue weighted by atomic mass is 10.1. The van der Waals surface area contributed by atoms with Crippen LogP contribution in [0, 0.1) is 0 Å². The Balaban J connectivity index is 2.10. The molecule has 0 aliphatic heterocycles. The van der Waals surface area contributed by atoms with Crippen LogP contribution in [-0.4, -0.2) is 19.7 Å². The molecular weight excluding hydrogens is 248 g/mol. The minimum Gasteiger partial charge on any atom is -0.491 e. The first-order chi connectivity index (χ1) is 9.72. The number of rotatable bonds is 5. The maximum absolute atomic E-state index is 5.99. The van der Waals surface area contributed by atoms with Gasteiger partial charge >= 0.3 is 0 Å². The molecule has 0 amide bonds. The first kappa shape index (κ1) is 15.0. The molecule has 3 nitrogen and oxygen atoms in total. The Hall–Kier alpha value is -1.38. The standard InChI is InChI=1S/C17H28N2O/c1-3-12-20-17-13-15(10-11-16(17)18)19(2)14-8-6-4-5-7-9-14/h10-11,13-14H,3-9,12,18H2,1-2H3. The molecule has 20 heavy (non-hydrogen) atoms. The van der Waals surface area contributed by atoms with Gasteiger partial charge in [0, 0.05) is 24.8 Å². The van der Waals surface area contributed by atoms with E-state index in [0.717, 1.165) is 24.5 Å². The minimum atomic E-state index is 0.653. The molecule has 1 aromatic rings. The summed E-state index contributed by atoms with van der Waals surface area (Å²) < 4.78 is 5.74. The van der Waals surface area contributed by atoms with E-state index in [1.807, 2.05) is 6.07 Å². The normalized spacial score (nSPS) is 16.7. The van der Waals surface area contributed by atoms with Gasteiger partial charge in [0.2, 0.25) is 0 Å². The summed E-state index contributed by atoms with van der Waals surface area (Å²) in [6.07, 6.45) is 9.07. The number of benzene rings is 1. The number of nitrogens with zero attached hydrogens (tertiary/aromatic N) is 1. The Morgan fingerprint density at radius 3 is 2.55 bits per heavy atom. The van der Waals surface area contributed by atoms with Crippen LogP contribution in [0.1, 0.15) is 51.9 Å². The number of ether oxygens (including phenoxy) is 1. The molecule has 0 unspecified atom stereocenters. The van der Waals surface area contributed by atoms with Gasteiger partial charge in [0.25, 0.3) is 0 Å². The van der Waals surface area contributed by atoms with Crippen molar-refractivity contribution < 1.29 is 4.74 Å². The molecule has 0 bridgehead atoms. The highest BCUT2D eigenvalue weighted by Crippen LogP contribution is 2.31. The fourth-order valence-corrected chi connectivity index (χ4v) is 2.94. The lowest BCUT2D eigenvalue weighted by Gasteiger charge is -2.29. The van der Waals surface area contributed by atoms with Gasteiger partial charge in [-0.05, 0) is 31.4 Å². The molecule has 0 atom stereocenters. The summed E-state index contributed by atoms with van der Waals surface area (Å²) in [6.45, 7) is 2.83. The van der Waals surface area contributed by atoms with Gasteiger partial charge < -0.3 is 15.4 Å². The third-order valence-electron chi connectivity index (χ3n) is 4.24. The number of hydrogen-bond acceptors (Lipinski definition) is 3. The van der Waals surface area contributed by atoms with Crippen LogP contribution in [0.4, 0.5) is 11.4 Å². The van der Waals surface area contributed by atoms with Crippen LogP contribution in [0.25, 0.3) is 0 Å². The van der Waals surface area contributed by atoms with Gasteiger partial charge in [-0.2, -0.15) is 0 Å². The Kier molecular flexibility index (Phi) is 5.57. The second-order valence-corrected chi connectivity index (χ2v) is 5.83. The first-order valence-electron chi connectivity index (χ1n) is 7.97. The van der Waals surface area contributed by atoms with Crippen molar-refractivity contribution in [1.29, 1.82) is 0 Å². The highest BCUT2D eigenvalue weighted by Gasteiger charge is 2.18. The lowest BCUT2D eigenvalue weighted by Crippen LogP contribution is -2.31. The molecule has 2 N–H and O–H groups in total. The average Bonchev–Trinajstić information content (AvgIpc) is 2.75. The van der Waals surface area contributed by atoms with Gasteiger partial charge in [0.05, 0.1) is 12.3 Å². The van der Waals surface area contributed by atoms with Crippen molar-refractivity contribution in [3.63, 3.8) is 0 Å². The Morgan fingerprint density at radius 2 is 1.90 bits per heavy atom. The van der Waals surface area contributed by atoms with E-state index in [4.69, 9.17) is 10.5 Å². The zero-order chi connectivity index (χ0) is 14.4. The summed E-state index contributed by atoms with van der Waals surface area (Å²) in [5.41, 5.74) is 7.94. The Morgan fingerprint density at radius 1 is 1.20 bits per heavy atom. The van der Waals surface area contributed by atoms with Crippen LogP contribution >= 0.6 is 0 Å². The molecule has 112 valence electrons. The number of nitrogen functional groups attached to an aromatic ring is 1. The maximum atomic E-state index is 5.99. The van der Waals surface area contributed by atoms with Crippen LogP contribution in [-0.2, 0) is 0 Å². The summed E-state index contributed by atoms with van der Waals surface area (Å²) in [6, 6.07) is 6.82. The van der Waals surface area contributed by atoms with Gasteiger partial charge in [0.1, 0.15) is 5.75 Å². The molecule has 3 heteroatoms. The number of nitrogens with two attached hydrogens (primary N) is 1. The van der Waals surface area contributed by atoms with E-state index in [0.29, 0.717) is 6.04 Å². The summed E-state index contributed by atoms with van der Waals surface area (Å²) in [4.78, 5) is 2.41. The van der Waals surface area contributed by atoms with Gasteiger partial charge in [-0.3, -0.25) is 0 Å². The van der Waals surface area contributed by atoms with Crippen molar-refractivity contribution in [2.75, 3.05) is 24.3 Å². The van der Waals surface area contributed by atoms with Gasteiger partial charge in [-0.1, -0.05) is 32.6 Å². The largest absolute Gasteiger partial charge is 0.491 e. The van der Waals surface area contributed by atoms with Crippen molar-refractivity contribution >= 4 is 11.4 Å². The van der Waals surface area contributed by atoms with Gasteiger partial charge in [-0.25, -0.2) is 0 Å². The van der Waals surface area contributed by atoms with Crippen LogP contribution in [0.5, 0.6) is 5.75 Å². The molecule has 2 rings (SSSR count). The fourth-order valence-electron chi connectivity index (χ4n) is 2.94. The first-order valence-corrected chi connectivity index (χ1v) is 7.97. The van der Waals surface area contributed by atoms with Crippen LogP contribution in [0.3, 0.4) is 0 Å². The van der Waals surface area contributed by atoms with E-state index in [1.165, 1.54) is 44.2 Å². The molecule has 1 aliphatic rings. The second kappa shape index (κ2) is 7.41. The summed E-state index contributed by atoms with van der Waals surface area (Å²) >= 11 is 0. The third-order valence-corrected chi connectivity index (χ3v) is 4.24. The Bertz CT molecular complexity index is 411. The molecule has 0 radical (unpaired) electrons. The summed E-state index contributed by atoms with van der Waals surface area (Å²) in [7, 11) is 2.20. The zero-order valence-corrected chi connectivity index (χ0v) is 12.9. The predicted molar refractivity (Wildman–Crippen MR) is 86.5 cm³/mol. The molecule has 0 heterocycles. The van der Waals surface area contributed by atoms with E-state index in [-0.39, 0.29) is 0 Å². The zero-order valence-electron chi connectivity index (χ0n) is 12.9. The van der Waals surface area contributed by atoms with Gasteiger partial charge in [-0.15, -0.1) is 0 Å². The summed E-state index contributed by atoms with van der Waals surface area (Å²) in [5, 5.41) is 0. The van der Waals surface area contributed by atoms with E-state index in [9.17, 15) is 0 Å². The smallest absolute Gasteiger partial charge is 0.144 e. The topological polar surface area (TPSA) is 38.5 Å². The molecular formula is C17H28N2O. The van der Waals surface area contributed by atoms with Crippen molar-refractivity contribution in [3.05, 3.63) is 18.2 Å². The second-order valence-electron chi connectivity index (χ2n) is 5.83. The Labute approximate surface area is 123 Å². The van der Waals surface area contributed by atoms with Gasteiger partial charge in [0.15, 0.2) is 0 Å². The lowest BCUT2D eigenvalue weighted by molar-refractivity contribution is 0.319. The molecule has 0 spiro atoms. The SMILES string of the molecule is CCCOc1cc(N(C)C2CCCCCC2)ccc1N. The third kappa shape index (κ3) is 3.81. The van der Waals surface area contributed by atoms with E-state index in [1.54, 1.807) is 0 Å². The van der Waals surface area contributed by atoms with E-state index < -0.39 is 0 Å². The summed E-state index contributed by atoms with van der Waals surface area (Å²) in [5.74, 6) is 0.824. The fraction of sp³-hybridized carbons (Fsp3) is 0.647. The minimum absolute atomic E-state index is 0.653. The predicted octanol–water partition coefficient (Wildman–Crippen LogP) is 4.22. The number of anilines is 2. The molecule has 1 saturated carbocycles. The molecule has 1 aliphatic carbocycles. The quantitative estimate of drug-likeness (QED) is 0.646. The van der Waals surface area contributed by atoms with Crippen molar-refractivity contribution in [1.82, 2.24) is 0 Å². The van der Waals surface area contributed by atoms with Crippen LogP contribution in [0.15, 0.2) is 18.2 Å². The van der Waals surface area contributed by atoms with E-state index in [2.05, 4.69) is 31.0 Å². The average molecular weight is 276 g/mol. The molecule has 1 aromatic carbocycles. The maximum Gasteiger partial charge on any atom is 0.144 e. The van der Waals surface area contributed by atoms with Crippen molar-refractivity contribution in [2.45, 2.75) is 57.9 Å². The molecule has 1 fully saturated rings. The highest BCUT2D eigenvalue weighted by atomic mass is 16.5. The van der Waals surface area contributed by atoms with Crippen molar-refractivity contribution in [3.8, 4) is 5.75 Å².